The van der Waals surface area contributed by atoms with Gasteiger partial charge in [-0.2, -0.15) is 0 Å². The predicted molar refractivity (Wildman–Crippen MR) is 52.1 cm³/mol. The van der Waals surface area contributed by atoms with Crippen LogP contribution in [0.3, 0.4) is 0 Å². The molecule has 4 heteroatoms. The number of nitrogens with two attached hydrogens (primary N) is 2. The van der Waals surface area contributed by atoms with Crippen molar-refractivity contribution in [2.45, 2.75) is 6.10 Å². The molecule has 4 nitrogen and oxygen atoms in total. The fraction of sp³-hybridized carbons (Fsp3) is 0.222. The van der Waals surface area contributed by atoms with E-state index in [1.807, 2.05) is 30.3 Å². The van der Waals surface area contributed by atoms with Gasteiger partial charge >= 0.3 is 0 Å². The van der Waals surface area contributed by atoms with Crippen LogP contribution in [0.2, 0.25) is 0 Å². The lowest BCUT2D eigenvalue weighted by Crippen LogP contribution is -2.23. The number of guanidine groups is 1. The highest BCUT2D eigenvalue weighted by Crippen LogP contribution is 2.11. The maximum absolute atomic E-state index is 9.55. The highest BCUT2D eigenvalue weighted by molar-refractivity contribution is 5.75. The van der Waals surface area contributed by atoms with Gasteiger partial charge in [0.15, 0.2) is 5.96 Å². The van der Waals surface area contributed by atoms with Crippen LogP contribution in [0.1, 0.15) is 11.7 Å². The van der Waals surface area contributed by atoms with Gasteiger partial charge in [0.1, 0.15) is 0 Å². The molecule has 1 atom stereocenters. The fourth-order valence-electron chi connectivity index (χ4n) is 0.972. The molecule has 0 aliphatic rings. The van der Waals surface area contributed by atoms with Gasteiger partial charge in [-0.05, 0) is 5.56 Å². The summed E-state index contributed by atoms with van der Waals surface area (Å²) in [5.74, 6) is -0.00465. The summed E-state index contributed by atoms with van der Waals surface area (Å²) in [6, 6.07) is 9.25. The minimum Gasteiger partial charge on any atom is -0.386 e. The van der Waals surface area contributed by atoms with Crippen LogP contribution in [0.15, 0.2) is 35.3 Å². The van der Waals surface area contributed by atoms with Crippen molar-refractivity contribution in [2.24, 2.45) is 16.5 Å². The van der Waals surface area contributed by atoms with Gasteiger partial charge in [-0.1, -0.05) is 30.3 Å². The summed E-state index contributed by atoms with van der Waals surface area (Å²) >= 11 is 0. The molecule has 0 saturated carbocycles. The van der Waals surface area contributed by atoms with E-state index in [1.54, 1.807) is 0 Å². The predicted octanol–water partition coefficient (Wildman–Crippen LogP) is -0.00660. The molecule has 0 spiro atoms. The maximum atomic E-state index is 9.55. The summed E-state index contributed by atoms with van der Waals surface area (Å²) in [7, 11) is 0. The zero-order valence-corrected chi connectivity index (χ0v) is 7.22. The van der Waals surface area contributed by atoms with Crippen LogP contribution >= 0.6 is 0 Å². The van der Waals surface area contributed by atoms with Crippen molar-refractivity contribution >= 4 is 5.96 Å². The Balaban J connectivity index is 2.59. The number of nitrogens with zero attached hydrogens (tertiary/aromatic N) is 1. The third-order valence-electron chi connectivity index (χ3n) is 1.63. The van der Waals surface area contributed by atoms with Gasteiger partial charge in [-0.25, -0.2) is 0 Å². The van der Waals surface area contributed by atoms with E-state index in [1.165, 1.54) is 0 Å². The van der Waals surface area contributed by atoms with Crippen molar-refractivity contribution in [3.05, 3.63) is 35.9 Å². The highest BCUT2D eigenvalue weighted by Gasteiger charge is 2.04. The molecule has 1 aromatic carbocycles. The Morgan fingerprint density at radius 1 is 1.31 bits per heavy atom. The molecule has 0 radical (unpaired) electrons. The second-order valence-electron chi connectivity index (χ2n) is 2.69. The fourth-order valence-corrected chi connectivity index (χ4v) is 0.972. The number of aliphatic imine (C=N–C) groups is 1. The Hall–Kier alpha value is -1.55. The zero-order valence-electron chi connectivity index (χ0n) is 7.22. The number of aliphatic hydroxyl groups is 1. The van der Waals surface area contributed by atoms with E-state index in [0.29, 0.717) is 0 Å². The molecule has 70 valence electrons. The molecule has 0 amide bonds. The topological polar surface area (TPSA) is 84.6 Å². The first-order valence-corrected chi connectivity index (χ1v) is 3.98. The molecule has 1 rings (SSSR count). The van der Waals surface area contributed by atoms with Gasteiger partial charge in [-0.3, -0.25) is 4.99 Å². The van der Waals surface area contributed by atoms with Crippen molar-refractivity contribution in [3.63, 3.8) is 0 Å². The van der Waals surface area contributed by atoms with Gasteiger partial charge in [-0.15, -0.1) is 0 Å². The molecule has 0 aliphatic carbocycles. The molecular formula is C9H13N3O. The van der Waals surface area contributed by atoms with Crippen molar-refractivity contribution in [3.8, 4) is 0 Å². The molecule has 0 aliphatic heterocycles. The molecule has 0 aromatic heterocycles. The quantitative estimate of drug-likeness (QED) is 0.448. The normalized spacial score (nSPS) is 12.1. The number of hydrogen-bond acceptors (Lipinski definition) is 2. The van der Waals surface area contributed by atoms with Gasteiger partial charge in [0.2, 0.25) is 0 Å². The highest BCUT2D eigenvalue weighted by atomic mass is 16.2. The Bertz CT molecular complexity index is 280. The molecule has 0 heterocycles. The van der Waals surface area contributed by atoms with Crippen molar-refractivity contribution in [2.75, 3.05) is 6.54 Å². The minimum absolute atomic E-state index is 0.00465. The molecule has 1 aromatic rings. The summed E-state index contributed by atoms with van der Waals surface area (Å²) in [4.78, 5) is 3.72. The van der Waals surface area contributed by atoms with Crippen LogP contribution in [0.5, 0.6) is 0 Å². The average molecular weight is 177 g/mol. The van der Waals surface area contributed by atoms with E-state index in [-0.39, 0.29) is 12.5 Å². The van der Waals surface area contributed by atoms with Crippen LogP contribution in [0.4, 0.5) is 0 Å². The van der Waals surface area contributed by atoms with Crippen LogP contribution in [-0.4, -0.2) is 17.6 Å². The summed E-state index contributed by atoms with van der Waals surface area (Å²) in [6.45, 7) is 0.201. The Labute approximate surface area is 76.9 Å². The molecule has 0 saturated heterocycles. The summed E-state index contributed by atoms with van der Waals surface area (Å²) in [6.07, 6.45) is -0.636. The summed E-state index contributed by atoms with van der Waals surface area (Å²) in [5.41, 5.74) is 11.1. The molecule has 13 heavy (non-hydrogen) atoms. The maximum Gasteiger partial charge on any atom is 0.186 e. The first kappa shape index (κ1) is 9.54. The lowest BCUT2D eigenvalue weighted by Gasteiger charge is -2.07. The van der Waals surface area contributed by atoms with Gasteiger partial charge in [0, 0.05) is 0 Å². The largest absolute Gasteiger partial charge is 0.386 e. The monoisotopic (exact) mass is 177 g/mol. The zero-order chi connectivity index (χ0) is 9.68. The first-order chi connectivity index (χ1) is 6.20. The van der Waals surface area contributed by atoms with Gasteiger partial charge in [0.25, 0.3) is 0 Å². The van der Waals surface area contributed by atoms with Crippen molar-refractivity contribution in [1.82, 2.24) is 0 Å². The Morgan fingerprint density at radius 3 is 2.46 bits per heavy atom. The van der Waals surface area contributed by atoms with E-state index in [9.17, 15) is 5.11 Å². The lowest BCUT2D eigenvalue weighted by molar-refractivity contribution is 0.187. The van der Waals surface area contributed by atoms with E-state index in [2.05, 4.69) is 4.99 Å². The SMILES string of the molecule is NC(N)=N[11CH2][11C@H](O)c1ccccc1. The van der Waals surface area contributed by atoms with Crippen LogP contribution in [0, 0.1) is 0 Å². The van der Waals surface area contributed by atoms with Crippen LogP contribution < -0.4 is 11.5 Å². The average Bonchev–Trinajstić information content (AvgIpc) is 2.15. The van der Waals surface area contributed by atoms with Crippen LogP contribution in [0.25, 0.3) is 0 Å². The number of hydrogen-bond donors (Lipinski definition) is 3. The lowest BCUT2D eigenvalue weighted by atomic mass is 9.52. The number of benzene rings is 1. The molecular weight excluding hydrogens is 164 g/mol. The first-order valence-electron chi connectivity index (χ1n) is 3.98. The minimum atomic E-state index is -0.636. The van der Waals surface area contributed by atoms with Crippen molar-refractivity contribution in [1.29, 1.82) is 0 Å². The molecule has 5 N–H and O–H groups in total. The smallest absolute Gasteiger partial charge is 0.186 e. The van der Waals surface area contributed by atoms with E-state index in [0.717, 1.165) is 5.56 Å². The third-order valence-corrected chi connectivity index (χ3v) is 1.63. The second-order valence-corrected chi connectivity index (χ2v) is 2.69. The second kappa shape index (κ2) is 4.47. The standard InChI is InChI=1S/C9H13N3O/c10-9(11)12-6-8(13)7-4-2-1-3-5-7/h1-5,8,13H,6H2,(H4,10,11,12)/t8-/m0/s1/i6-1,8-1. The van der Waals surface area contributed by atoms with Gasteiger partial charge in [0.05, 0.1) is 12.6 Å². The van der Waals surface area contributed by atoms with Gasteiger partial charge < -0.3 is 16.6 Å². The molecule has 0 fully saturated rings. The summed E-state index contributed by atoms with van der Waals surface area (Å²) in [5, 5.41) is 9.55. The summed E-state index contributed by atoms with van der Waals surface area (Å²) < 4.78 is 0. The Morgan fingerprint density at radius 2 is 1.92 bits per heavy atom. The number of aliphatic hydroxyl groups excluding tert-OH is 1. The number of rotatable bonds is 3. The van der Waals surface area contributed by atoms with E-state index < -0.39 is 6.10 Å². The van der Waals surface area contributed by atoms with Crippen LogP contribution in [-0.2, 0) is 0 Å². The third kappa shape index (κ3) is 3.13. The Kier molecular flexibility index (Phi) is 3.28. The molecule has 0 bridgehead atoms. The van der Waals surface area contributed by atoms with E-state index in [4.69, 9.17) is 11.5 Å². The van der Waals surface area contributed by atoms with Crippen molar-refractivity contribution < 1.29 is 5.11 Å². The van der Waals surface area contributed by atoms with E-state index >= 15 is 0 Å². The molecule has 0 unspecified atom stereocenters.